The van der Waals surface area contributed by atoms with Gasteiger partial charge in [0, 0.05) is 5.02 Å². The van der Waals surface area contributed by atoms with Gasteiger partial charge in [-0.3, -0.25) is 4.79 Å². The number of carbonyl (C=O) groups excluding carboxylic acids is 2. The maximum atomic E-state index is 11.6. The molecule has 0 aliphatic rings. The summed E-state index contributed by atoms with van der Waals surface area (Å²) in [7, 11) is 1.40. The molecule has 0 saturated carbocycles. The fraction of sp³-hybridized carbons (Fsp3) is 0.273. The summed E-state index contributed by atoms with van der Waals surface area (Å²) in [6.45, 7) is 1.78. The monoisotopic (exact) mass is 242 g/mol. The molecule has 0 aliphatic carbocycles. The van der Waals surface area contributed by atoms with E-state index in [1.165, 1.54) is 25.3 Å². The molecule has 16 heavy (non-hydrogen) atoms. The highest BCUT2D eigenvalue weighted by atomic mass is 35.5. The number of rotatable bonds is 4. The normalized spacial score (nSPS) is 9.69. The van der Waals surface area contributed by atoms with E-state index < -0.39 is 11.8 Å². The number of Topliss-reactive ketones (excluding diaryl/α,β-unsaturated/α-hetero) is 1. The van der Waals surface area contributed by atoms with Gasteiger partial charge in [0.1, 0.15) is 5.75 Å². The van der Waals surface area contributed by atoms with Gasteiger partial charge in [-0.25, -0.2) is 4.79 Å². The minimum absolute atomic E-state index is 0.144. The van der Waals surface area contributed by atoms with Crippen molar-refractivity contribution in [2.75, 3.05) is 13.7 Å². The molecule has 0 unspecified atom stereocenters. The number of hydrogen-bond acceptors (Lipinski definition) is 4. The van der Waals surface area contributed by atoms with E-state index in [0.29, 0.717) is 5.02 Å². The molecular weight excluding hydrogens is 232 g/mol. The standard InChI is InChI=1S/C11H11ClO4/c1-3-16-11(14)10(13)8-5-4-7(12)6-9(8)15-2/h4-6H,3H2,1-2H3. The Labute approximate surface area is 98.1 Å². The van der Waals surface area contributed by atoms with Crippen molar-refractivity contribution < 1.29 is 19.1 Å². The lowest BCUT2D eigenvalue weighted by Gasteiger charge is -2.07. The summed E-state index contributed by atoms with van der Waals surface area (Å²) in [5.74, 6) is -1.39. The molecular formula is C11H11ClO4. The molecule has 0 bridgehead atoms. The highest BCUT2D eigenvalue weighted by Crippen LogP contribution is 2.23. The van der Waals surface area contributed by atoms with Crippen LogP contribution >= 0.6 is 11.6 Å². The van der Waals surface area contributed by atoms with E-state index >= 15 is 0 Å². The molecule has 0 saturated heterocycles. The molecule has 5 heteroatoms. The van der Waals surface area contributed by atoms with Crippen molar-refractivity contribution in [1.29, 1.82) is 0 Å². The Hall–Kier alpha value is -1.55. The van der Waals surface area contributed by atoms with Crippen LogP contribution in [0, 0.1) is 0 Å². The lowest BCUT2D eigenvalue weighted by molar-refractivity contribution is -0.137. The topological polar surface area (TPSA) is 52.6 Å². The summed E-state index contributed by atoms with van der Waals surface area (Å²) in [6.07, 6.45) is 0. The average Bonchev–Trinajstić information content (AvgIpc) is 2.28. The average molecular weight is 243 g/mol. The Bertz CT molecular complexity index is 414. The van der Waals surface area contributed by atoms with Crippen LogP contribution in [0.5, 0.6) is 5.75 Å². The first-order valence-corrected chi connectivity index (χ1v) is 5.03. The molecule has 1 aromatic carbocycles. The summed E-state index contributed by atoms with van der Waals surface area (Å²) in [4.78, 5) is 22.9. The van der Waals surface area contributed by atoms with E-state index in [2.05, 4.69) is 4.74 Å². The van der Waals surface area contributed by atoms with Gasteiger partial charge in [0.15, 0.2) is 0 Å². The Kier molecular flexibility index (Phi) is 4.31. The zero-order chi connectivity index (χ0) is 12.1. The molecule has 1 rings (SSSR count). The summed E-state index contributed by atoms with van der Waals surface area (Å²) in [5, 5.41) is 0.428. The van der Waals surface area contributed by atoms with Gasteiger partial charge in [-0.05, 0) is 25.1 Å². The molecule has 4 nitrogen and oxygen atoms in total. The van der Waals surface area contributed by atoms with Crippen molar-refractivity contribution in [3.63, 3.8) is 0 Å². The molecule has 0 spiro atoms. The summed E-state index contributed by atoms with van der Waals surface area (Å²) in [5.41, 5.74) is 0.144. The number of ether oxygens (including phenoxy) is 2. The van der Waals surface area contributed by atoms with Crippen LogP contribution in [0.3, 0.4) is 0 Å². The van der Waals surface area contributed by atoms with E-state index in [1.54, 1.807) is 6.92 Å². The van der Waals surface area contributed by atoms with Gasteiger partial charge < -0.3 is 9.47 Å². The molecule has 0 radical (unpaired) electrons. The fourth-order valence-electron chi connectivity index (χ4n) is 1.16. The van der Waals surface area contributed by atoms with Gasteiger partial charge in [-0.1, -0.05) is 11.6 Å². The zero-order valence-electron chi connectivity index (χ0n) is 8.95. The Balaban J connectivity index is 3.03. The third-order valence-corrected chi connectivity index (χ3v) is 2.10. The van der Waals surface area contributed by atoms with Crippen molar-refractivity contribution >= 4 is 23.4 Å². The van der Waals surface area contributed by atoms with Crippen LogP contribution in [-0.4, -0.2) is 25.5 Å². The fourth-order valence-corrected chi connectivity index (χ4v) is 1.32. The minimum Gasteiger partial charge on any atom is -0.496 e. The van der Waals surface area contributed by atoms with Crippen molar-refractivity contribution in [3.8, 4) is 5.75 Å². The summed E-state index contributed by atoms with van der Waals surface area (Å²) < 4.78 is 9.57. The molecule has 0 heterocycles. The van der Waals surface area contributed by atoms with Crippen molar-refractivity contribution in [2.45, 2.75) is 6.92 Å². The number of carbonyl (C=O) groups is 2. The van der Waals surface area contributed by atoms with Crippen LogP contribution in [0.1, 0.15) is 17.3 Å². The van der Waals surface area contributed by atoms with Crippen molar-refractivity contribution in [3.05, 3.63) is 28.8 Å². The molecule has 0 aliphatic heterocycles. The largest absolute Gasteiger partial charge is 0.496 e. The van der Waals surface area contributed by atoms with Crippen LogP contribution in [-0.2, 0) is 9.53 Å². The Morgan fingerprint density at radius 1 is 1.38 bits per heavy atom. The van der Waals surface area contributed by atoms with Crippen LogP contribution in [0.2, 0.25) is 5.02 Å². The zero-order valence-corrected chi connectivity index (χ0v) is 9.71. The van der Waals surface area contributed by atoms with Crippen molar-refractivity contribution in [1.82, 2.24) is 0 Å². The lowest BCUT2D eigenvalue weighted by Crippen LogP contribution is -2.18. The number of benzene rings is 1. The number of hydrogen-bond donors (Lipinski definition) is 0. The Morgan fingerprint density at radius 3 is 2.62 bits per heavy atom. The van der Waals surface area contributed by atoms with Gasteiger partial charge in [0.2, 0.25) is 0 Å². The number of esters is 1. The third kappa shape index (κ3) is 2.73. The van der Waals surface area contributed by atoms with E-state index in [-0.39, 0.29) is 17.9 Å². The maximum Gasteiger partial charge on any atom is 0.379 e. The Morgan fingerprint density at radius 2 is 2.06 bits per heavy atom. The van der Waals surface area contributed by atoms with Crippen LogP contribution in [0.25, 0.3) is 0 Å². The highest BCUT2D eigenvalue weighted by Gasteiger charge is 2.21. The molecule has 86 valence electrons. The predicted octanol–water partition coefficient (Wildman–Crippen LogP) is 2.09. The molecule has 0 fully saturated rings. The first kappa shape index (κ1) is 12.5. The van der Waals surface area contributed by atoms with E-state index in [4.69, 9.17) is 16.3 Å². The number of methoxy groups -OCH3 is 1. The van der Waals surface area contributed by atoms with E-state index in [9.17, 15) is 9.59 Å². The first-order valence-electron chi connectivity index (χ1n) is 4.65. The van der Waals surface area contributed by atoms with Gasteiger partial charge in [-0.15, -0.1) is 0 Å². The van der Waals surface area contributed by atoms with Gasteiger partial charge >= 0.3 is 5.97 Å². The quantitative estimate of drug-likeness (QED) is 0.461. The smallest absolute Gasteiger partial charge is 0.379 e. The SMILES string of the molecule is CCOC(=O)C(=O)c1ccc(Cl)cc1OC. The molecule has 0 amide bonds. The third-order valence-electron chi connectivity index (χ3n) is 1.87. The first-order chi connectivity index (χ1) is 7.60. The van der Waals surface area contributed by atoms with E-state index in [0.717, 1.165) is 0 Å². The number of ketones is 1. The van der Waals surface area contributed by atoms with E-state index in [1.807, 2.05) is 0 Å². The maximum absolute atomic E-state index is 11.6. The number of halogens is 1. The molecule has 1 aromatic rings. The van der Waals surface area contributed by atoms with Crippen LogP contribution < -0.4 is 4.74 Å². The predicted molar refractivity (Wildman–Crippen MR) is 59.0 cm³/mol. The summed E-state index contributed by atoms with van der Waals surface area (Å²) in [6, 6.07) is 4.41. The molecule has 0 atom stereocenters. The minimum atomic E-state index is -0.900. The second kappa shape index (κ2) is 5.51. The van der Waals surface area contributed by atoms with Gasteiger partial charge in [0.05, 0.1) is 19.3 Å². The molecule has 0 aromatic heterocycles. The van der Waals surface area contributed by atoms with Gasteiger partial charge in [-0.2, -0.15) is 0 Å². The van der Waals surface area contributed by atoms with Crippen molar-refractivity contribution in [2.24, 2.45) is 0 Å². The molecule has 0 N–H and O–H groups in total. The van der Waals surface area contributed by atoms with Crippen LogP contribution in [0.15, 0.2) is 18.2 Å². The summed E-state index contributed by atoms with van der Waals surface area (Å²) >= 11 is 5.73. The lowest BCUT2D eigenvalue weighted by atomic mass is 10.1. The second-order valence-corrected chi connectivity index (χ2v) is 3.33. The van der Waals surface area contributed by atoms with Gasteiger partial charge in [0.25, 0.3) is 5.78 Å². The highest BCUT2D eigenvalue weighted by molar-refractivity contribution is 6.41. The van der Waals surface area contributed by atoms with Crippen LogP contribution in [0.4, 0.5) is 0 Å². The second-order valence-electron chi connectivity index (χ2n) is 2.89.